The van der Waals surface area contributed by atoms with Crippen LogP contribution in [0.5, 0.6) is 0 Å². The lowest BCUT2D eigenvalue weighted by atomic mass is 10.0. The standard InChI is InChI=1S/C23H24F5N3O3.C12H9F4N3.C10H16FNO4/c1-22(2,3)34-21(33)31-12-15(24)10-18(31)19(32)7-5-16-8-13(9-20(25)30-16)17-6-4-14(11-29-17)23(26,27)28;13-11-4-7(3-9(5-17)19-11)10-2-1-8(6-18-10)12(14,15)16;1-10(2,3)16-9(15)12-5-6(11)4-7(12)8(13)14/h4,6,8-9,11,15,18H,5,7,10,12H2,1-3H3;1-4,6H,5,17H2;6-7H,4-5H2,1-3H3,(H,13,14)/t15-,18+;;6-,7+/m1.1/s1. The molecule has 2 aliphatic heterocycles. The third-order valence-corrected chi connectivity index (χ3v) is 9.72. The van der Waals surface area contributed by atoms with E-state index in [1.54, 1.807) is 41.5 Å². The number of nitrogens with zero attached hydrogens (tertiary/aromatic N) is 6. The number of aryl methyl sites for hydroxylation is 1. The average molecular weight is 990 g/mol. The second-order valence-corrected chi connectivity index (χ2v) is 17.7. The number of likely N-dealkylation sites (tertiary alicyclic amines) is 2. The highest BCUT2D eigenvalue weighted by Crippen LogP contribution is 2.32. The molecular weight excluding hydrogens is 941 g/mol. The number of alkyl halides is 8. The summed E-state index contributed by atoms with van der Waals surface area (Å²) in [6.07, 6.45) is -12.4. The van der Waals surface area contributed by atoms with Crippen molar-refractivity contribution in [3.05, 3.63) is 95.3 Å². The number of rotatable bonds is 8. The van der Waals surface area contributed by atoms with Gasteiger partial charge in [0.15, 0.2) is 5.78 Å². The van der Waals surface area contributed by atoms with Gasteiger partial charge in [0.1, 0.15) is 29.6 Å². The number of halogens is 10. The molecule has 14 nitrogen and oxygen atoms in total. The van der Waals surface area contributed by atoms with E-state index in [0.29, 0.717) is 23.7 Å². The number of carbonyl (C=O) groups is 4. The lowest BCUT2D eigenvalue weighted by Gasteiger charge is -2.27. The van der Waals surface area contributed by atoms with Gasteiger partial charge in [-0.05, 0) is 84.4 Å². The maximum Gasteiger partial charge on any atom is 0.417 e. The van der Waals surface area contributed by atoms with Crippen LogP contribution in [0.1, 0.15) is 83.3 Å². The zero-order chi connectivity index (χ0) is 51.8. The first kappa shape index (κ1) is 55.1. The average Bonchev–Trinajstić information content (AvgIpc) is 3.84. The third-order valence-electron chi connectivity index (χ3n) is 9.72. The van der Waals surface area contributed by atoms with Gasteiger partial charge in [0, 0.05) is 67.2 Å². The molecule has 0 aliphatic carbocycles. The molecule has 0 aromatic carbocycles. The molecule has 4 aromatic rings. The molecule has 0 bridgehead atoms. The quantitative estimate of drug-likeness (QED) is 0.126. The number of ketones is 1. The van der Waals surface area contributed by atoms with Crippen molar-refractivity contribution >= 4 is 23.9 Å². The number of aliphatic carboxylic acids is 1. The monoisotopic (exact) mass is 989 g/mol. The Morgan fingerprint density at radius 3 is 1.45 bits per heavy atom. The van der Waals surface area contributed by atoms with Crippen molar-refractivity contribution in [2.24, 2.45) is 5.73 Å². The van der Waals surface area contributed by atoms with Gasteiger partial charge < -0.3 is 20.3 Å². The third kappa shape index (κ3) is 16.6. The first-order chi connectivity index (χ1) is 31.8. The van der Waals surface area contributed by atoms with Gasteiger partial charge in [-0.15, -0.1) is 0 Å². The van der Waals surface area contributed by atoms with Crippen LogP contribution >= 0.6 is 0 Å². The van der Waals surface area contributed by atoms with Crippen LogP contribution in [0.4, 0.5) is 53.5 Å². The van der Waals surface area contributed by atoms with E-state index in [0.717, 1.165) is 40.1 Å². The Labute approximate surface area is 389 Å². The second kappa shape index (κ2) is 22.3. The van der Waals surface area contributed by atoms with Gasteiger partial charge >= 0.3 is 30.5 Å². The van der Waals surface area contributed by atoms with E-state index < -0.39 is 94.9 Å². The molecule has 376 valence electrons. The van der Waals surface area contributed by atoms with E-state index in [4.69, 9.17) is 20.3 Å². The summed E-state index contributed by atoms with van der Waals surface area (Å²) in [4.78, 5) is 64.2. The maximum absolute atomic E-state index is 14.1. The van der Waals surface area contributed by atoms with Crippen molar-refractivity contribution in [2.45, 2.75) is 122 Å². The Morgan fingerprint density at radius 1 is 0.667 bits per heavy atom. The maximum atomic E-state index is 14.1. The lowest BCUT2D eigenvalue weighted by Crippen LogP contribution is -2.43. The highest BCUT2D eigenvalue weighted by molar-refractivity contribution is 5.88. The molecule has 0 radical (unpaired) electrons. The number of hydrogen-bond acceptors (Lipinski definition) is 11. The number of carbonyl (C=O) groups excluding carboxylic acids is 3. The van der Waals surface area contributed by atoms with E-state index in [1.165, 1.54) is 18.2 Å². The van der Waals surface area contributed by atoms with E-state index in [-0.39, 0.29) is 68.0 Å². The summed E-state index contributed by atoms with van der Waals surface area (Å²) < 4.78 is 140. The van der Waals surface area contributed by atoms with Crippen LogP contribution in [0, 0.1) is 11.9 Å². The normalized spacial score (nSPS) is 18.4. The Bertz CT molecular complexity index is 2430. The summed E-state index contributed by atoms with van der Waals surface area (Å²) in [5.41, 5.74) is 3.37. The predicted octanol–water partition coefficient (Wildman–Crippen LogP) is 9.33. The highest BCUT2D eigenvalue weighted by Gasteiger charge is 2.43. The number of carboxylic acids is 1. The van der Waals surface area contributed by atoms with Gasteiger partial charge in [-0.2, -0.15) is 35.1 Å². The fourth-order valence-corrected chi connectivity index (χ4v) is 6.67. The number of Topliss-reactive ketones (excluding diaryl/α,β-unsaturated/α-hetero) is 1. The molecule has 0 saturated carbocycles. The SMILES string of the molecule is CC(C)(C)OC(=O)N1C[C@H](F)C[C@H]1C(=O)CCc1cc(-c2ccc(C(F)(F)F)cn2)cc(F)n1.CC(C)(C)OC(=O)N1C[C@H](F)C[C@H]1C(=O)O.NCc1cc(-c2ccc(C(F)(F)F)cn2)cc(F)n1. The summed E-state index contributed by atoms with van der Waals surface area (Å²) in [5, 5.41) is 8.83. The summed E-state index contributed by atoms with van der Waals surface area (Å²) >= 11 is 0. The molecule has 0 unspecified atom stereocenters. The fraction of sp³-hybridized carbons (Fsp3) is 0.467. The summed E-state index contributed by atoms with van der Waals surface area (Å²) in [7, 11) is 0. The molecule has 24 heteroatoms. The van der Waals surface area contributed by atoms with Crippen molar-refractivity contribution in [1.82, 2.24) is 29.7 Å². The Balaban J connectivity index is 0.000000249. The van der Waals surface area contributed by atoms with E-state index in [2.05, 4.69) is 19.9 Å². The van der Waals surface area contributed by atoms with Gasteiger partial charge in [0.25, 0.3) is 0 Å². The second-order valence-electron chi connectivity index (χ2n) is 17.7. The first-order valence-corrected chi connectivity index (χ1v) is 21.0. The minimum absolute atomic E-state index is 0.0140. The molecule has 0 spiro atoms. The van der Waals surface area contributed by atoms with Crippen molar-refractivity contribution < 1.29 is 77.7 Å². The molecule has 6 rings (SSSR count). The van der Waals surface area contributed by atoms with Crippen molar-refractivity contribution in [3.8, 4) is 22.5 Å². The summed E-state index contributed by atoms with van der Waals surface area (Å²) in [6.45, 7) is 9.54. The number of pyridine rings is 4. The fourth-order valence-electron chi connectivity index (χ4n) is 6.67. The minimum Gasteiger partial charge on any atom is -0.480 e. The van der Waals surface area contributed by atoms with Crippen LogP contribution in [0.3, 0.4) is 0 Å². The molecule has 6 heterocycles. The van der Waals surface area contributed by atoms with Crippen LogP contribution in [0.15, 0.2) is 60.9 Å². The van der Waals surface area contributed by atoms with Crippen LogP contribution in [0.2, 0.25) is 0 Å². The molecular formula is C45H49F10N7O7. The smallest absolute Gasteiger partial charge is 0.417 e. The first-order valence-electron chi connectivity index (χ1n) is 21.0. The largest absolute Gasteiger partial charge is 0.480 e. The van der Waals surface area contributed by atoms with Crippen molar-refractivity contribution in [1.29, 1.82) is 0 Å². The number of ether oxygens (including phenoxy) is 2. The topological polar surface area (TPSA) is 191 Å². The van der Waals surface area contributed by atoms with Gasteiger partial charge in [0.05, 0.1) is 47.3 Å². The zero-order valence-corrected chi connectivity index (χ0v) is 38.0. The van der Waals surface area contributed by atoms with Gasteiger partial charge in [-0.1, -0.05) is 0 Å². The van der Waals surface area contributed by atoms with Gasteiger partial charge in [0.2, 0.25) is 11.9 Å². The Hall–Kier alpha value is -6.46. The number of hydrogen-bond donors (Lipinski definition) is 2. The molecule has 2 aliphatic rings. The highest BCUT2D eigenvalue weighted by atomic mass is 19.4. The minimum atomic E-state index is -4.55. The van der Waals surface area contributed by atoms with Gasteiger partial charge in [-0.25, -0.2) is 33.1 Å². The lowest BCUT2D eigenvalue weighted by molar-refractivity contribution is -0.142. The van der Waals surface area contributed by atoms with E-state index in [1.807, 2.05) is 0 Å². The molecule has 2 amide bonds. The number of amides is 2. The van der Waals surface area contributed by atoms with Crippen molar-refractivity contribution in [3.63, 3.8) is 0 Å². The van der Waals surface area contributed by atoms with E-state index in [9.17, 15) is 63.1 Å². The Kier molecular flexibility index (Phi) is 17.8. The summed E-state index contributed by atoms with van der Waals surface area (Å²) in [6, 6.07) is 6.92. The van der Waals surface area contributed by atoms with Crippen LogP contribution in [0.25, 0.3) is 22.5 Å². The molecule has 69 heavy (non-hydrogen) atoms. The number of nitrogens with two attached hydrogens (primary N) is 1. The molecule has 2 saturated heterocycles. The van der Waals surface area contributed by atoms with Crippen LogP contribution in [-0.4, -0.2) is 107 Å². The molecule has 4 aromatic heterocycles. The van der Waals surface area contributed by atoms with Crippen LogP contribution in [-0.2, 0) is 44.4 Å². The molecule has 3 N–H and O–H groups in total. The molecule has 2 fully saturated rings. The zero-order valence-electron chi connectivity index (χ0n) is 38.0. The Morgan fingerprint density at radius 2 is 1.07 bits per heavy atom. The predicted molar refractivity (Wildman–Crippen MR) is 226 cm³/mol. The number of carboxylic acid groups (broad SMARTS) is 1. The van der Waals surface area contributed by atoms with E-state index >= 15 is 0 Å². The molecule has 4 atom stereocenters. The number of aromatic nitrogens is 4. The van der Waals surface area contributed by atoms with Gasteiger partial charge in [-0.3, -0.25) is 24.6 Å². The van der Waals surface area contributed by atoms with Crippen LogP contribution < -0.4 is 5.73 Å². The summed E-state index contributed by atoms with van der Waals surface area (Å²) in [5.74, 6) is -3.27. The van der Waals surface area contributed by atoms with Crippen molar-refractivity contribution in [2.75, 3.05) is 13.1 Å².